The third kappa shape index (κ3) is 4.24. The van der Waals surface area contributed by atoms with Gasteiger partial charge in [-0.25, -0.2) is 4.39 Å². The Bertz CT molecular complexity index is 534. The second kappa shape index (κ2) is 6.20. The van der Waals surface area contributed by atoms with E-state index in [9.17, 15) is 18.0 Å². The van der Waals surface area contributed by atoms with Crippen LogP contribution < -0.4 is 4.74 Å². The summed E-state index contributed by atoms with van der Waals surface area (Å²) in [6, 6.07) is 6.14. The highest BCUT2D eigenvalue weighted by molar-refractivity contribution is 5.66. The molecule has 0 aliphatic heterocycles. The van der Waals surface area contributed by atoms with Crippen LogP contribution in [0.3, 0.4) is 0 Å². The van der Waals surface area contributed by atoms with Crippen LogP contribution in [0, 0.1) is 0 Å². The normalized spacial score (nSPS) is 16.7. The lowest BCUT2D eigenvalue weighted by Gasteiger charge is -2.12. The summed E-state index contributed by atoms with van der Waals surface area (Å²) in [5, 5.41) is 0. The molecule has 0 radical (unpaired) electrons. The highest BCUT2D eigenvalue weighted by Gasteiger charge is 2.42. The van der Waals surface area contributed by atoms with Crippen LogP contribution >= 0.6 is 0 Å². The average molecular weight is 300 g/mol. The second-order valence-corrected chi connectivity index (χ2v) is 4.93. The summed E-state index contributed by atoms with van der Waals surface area (Å²) in [5.74, 6) is -0.999. The molecule has 0 spiro atoms. The van der Waals surface area contributed by atoms with Gasteiger partial charge in [0.05, 0.1) is 0 Å². The number of carbonyl (C=O) groups is 1. The molecule has 1 saturated carbocycles. The van der Waals surface area contributed by atoms with Gasteiger partial charge in [-0.3, -0.25) is 4.79 Å². The van der Waals surface area contributed by atoms with Gasteiger partial charge in [-0.15, -0.1) is 0 Å². The average Bonchev–Trinajstić information content (AvgIpc) is 3.17. The van der Waals surface area contributed by atoms with E-state index in [4.69, 9.17) is 0 Å². The first-order valence-corrected chi connectivity index (χ1v) is 6.47. The lowest BCUT2D eigenvalue weighted by Crippen LogP contribution is -2.07. The zero-order valence-electron chi connectivity index (χ0n) is 11.4. The number of alkyl halides is 2. The molecule has 0 atom stereocenters. The highest BCUT2D eigenvalue weighted by atomic mass is 19.3. The van der Waals surface area contributed by atoms with Gasteiger partial charge in [-0.05, 0) is 36.6 Å². The topological polar surface area (TPSA) is 35.5 Å². The number of hydrogen-bond donors (Lipinski definition) is 0. The third-order valence-electron chi connectivity index (χ3n) is 3.29. The van der Waals surface area contributed by atoms with Gasteiger partial charge in [0.15, 0.2) is 0 Å². The Labute approximate surface area is 120 Å². The molecule has 0 unspecified atom stereocenters. The van der Waals surface area contributed by atoms with E-state index >= 15 is 0 Å². The van der Waals surface area contributed by atoms with Crippen molar-refractivity contribution in [2.45, 2.75) is 31.8 Å². The van der Waals surface area contributed by atoms with Crippen LogP contribution in [-0.4, -0.2) is 19.2 Å². The Morgan fingerprint density at radius 1 is 1.33 bits per heavy atom. The van der Waals surface area contributed by atoms with Gasteiger partial charge in [0, 0.05) is 12.3 Å². The molecular weight excluding hydrogens is 285 g/mol. The van der Waals surface area contributed by atoms with Crippen molar-refractivity contribution in [3.63, 3.8) is 0 Å². The Morgan fingerprint density at radius 3 is 2.43 bits per heavy atom. The number of carbonyl (C=O) groups excluding carboxylic acids is 1. The van der Waals surface area contributed by atoms with Crippen molar-refractivity contribution in [3.8, 4) is 5.75 Å². The first-order chi connectivity index (χ1) is 9.91. The number of esters is 1. The van der Waals surface area contributed by atoms with Gasteiger partial charge >= 0.3 is 12.6 Å². The highest BCUT2D eigenvalue weighted by Crippen LogP contribution is 2.50. The lowest BCUT2D eigenvalue weighted by atomic mass is 9.95. The Morgan fingerprint density at radius 2 is 1.95 bits per heavy atom. The molecule has 1 aromatic rings. The maximum absolute atomic E-state index is 13.7. The summed E-state index contributed by atoms with van der Waals surface area (Å²) in [5.41, 5.74) is 0.384. The fraction of sp³-hybridized carbons (Fsp3) is 0.400. The summed E-state index contributed by atoms with van der Waals surface area (Å²) < 4.78 is 46.7. The maximum atomic E-state index is 13.7. The molecule has 0 amide bonds. The first kappa shape index (κ1) is 15.4. The fourth-order valence-corrected chi connectivity index (χ4v) is 2.13. The van der Waals surface area contributed by atoms with Crippen LogP contribution in [-0.2, 0) is 14.9 Å². The monoisotopic (exact) mass is 300 g/mol. The van der Waals surface area contributed by atoms with Gasteiger partial charge in [-0.1, -0.05) is 12.1 Å². The van der Waals surface area contributed by atoms with E-state index < -0.39 is 23.8 Å². The Hall–Kier alpha value is -1.98. The van der Waals surface area contributed by atoms with Crippen LogP contribution in [0.5, 0.6) is 5.75 Å². The molecule has 0 saturated heterocycles. The number of rotatable bonds is 6. The smallest absolute Gasteiger partial charge is 0.387 e. The zero-order valence-corrected chi connectivity index (χ0v) is 11.4. The van der Waals surface area contributed by atoms with Crippen molar-refractivity contribution in [2.24, 2.45) is 0 Å². The Kier molecular flexibility index (Phi) is 4.55. The van der Waals surface area contributed by atoms with Crippen molar-refractivity contribution in [3.05, 3.63) is 41.7 Å². The van der Waals surface area contributed by atoms with Crippen molar-refractivity contribution < 1.29 is 27.4 Å². The van der Waals surface area contributed by atoms with Crippen LogP contribution in [0.25, 0.3) is 0 Å². The molecule has 3 nitrogen and oxygen atoms in total. The third-order valence-corrected chi connectivity index (χ3v) is 3.29. The summed E-state index contributed by atoms with van der Waals surface area (Å²) in [7, 11) is 0. The molecule has 0 bridgehead atoms. The van der Waals surface area contributed by atoms with Crippen molar-refractivity contribution in [1.82, 2.24) is 0 Å². The van der Waals surface area contributed by atoms with E-state index in [1.807, 2.05) is 0 Å². The standard InChI is InChI=1S/C15H15F3O3/c1-10(19)20-9-12(16)8-15(6-7-15)11-2-4-13(5-3-11)21-14(17)18/h2-5,8,14H,6-7,9H2,1H3. The van der Waals surface area contributed by atoms with Gasteiger partial charge in [0.1, 0.15) is 18.2 Å². The molecule has 114 valence electrons. The number of halogens is 3. The number of ether oxygens (including phenoxy) is 2. The molecule has 1 aromatic carbocycles. The van der Waals surface area contributed by atoms with E-state index in [2.05, 4.69) is 9.47 Å². The lowest BCUT2D eigenvalue weighted by molar-refractivity contribution is -0.140. The number of benzene rings is 1. The summed E-state index contributed by atoms with van der Waals surface area (Å²) >= 11 is 0. The van der Waals surface area contributed by atoms with Crippen molar-refractivity contribution >= 4 is 5.97 Å². The molecule has 0 heterocycles. The fourth-order valence-electron chi connectivity index (χ4n) is 2.13. The van der Waals surface area contributed by atoms with E-state index in [0.717, 1.165) is 18.4 Å². The van der Waals surface area contributed by atoms with Crippen LogP contribution in [0.2, 0.25) is 0 Å². The minimum absolute atomic E-state index is 0.0638. The van der Waals surface area contributed by atoms with Crippen molar-refractivity contribution in [1.29, 1.82) is 0 Å². The van der Waals surface area contributed by atoms with E-state index in [0.29, 0.717) is 0 Å². The van der Waals surface area contributed by atoms with Gasteiger partial charge < -0.3 is 9.47 Å². The summed E-state index contributed by atoms with van der Waals surface area (Å²) in [6.07, 6.45) is 2.95. The SMILES string of the molecule is CC(=O)OCC(F)=CC1(c2ccc(OC(F)F)cc2)CC1. The van der Waals surface area contributed by atoms with Gasteiger partial charge in [0.2, 0.25) is 0 Å². The molecule has 1 aliphatic carbocycles. The molecule has 0 aromatic heterocycles. The molecule has 6 heteroatoms. The molecule has 21 heavy (non-hydrogen) atoms. The molecule has 1 fully saturated rings. The first-order valence-electron chi connectivity index (χ1n) is 6.47. The molecular formula is C15H15F3O3. The number of hydrogen-bond acceptors (Lipinski definition) is 3. The minimum atomic E-state index is -2.87. The quantitative estimate of drug-likeness (QED) is 0.751. The zero-order chi connectivity index (χ0) is 15.5. The van der Waals surface area contributed by atoms with Crippen LogP contribution in [0.15, 0.2) is 36.2 Å². The van der Waals surface area contributed by atoms with Crippen molar-refractivity contribution in [2.75, 3.05) is 6.61 Å². The van der Waals surface area contributed by atoms with E-state index in [1.165, 1.54) is 25.1 Å². The van der Waals surface area contributed by atoms with Crippen LogP contribution in [0.4, 0.5) is 13.2 Å². The Balaban J connectivity index is 2.06. The predicted molar refractivity (Wildman–Crippen MR) is 69.8 cm³/mol. The molecule has 2 rings (SSSR count). The molecule has 0 N–H and O–H groups in total. The second-order valence-electron chi connectivity index (χ2n) is 4.93. The van der Waals surface area contributed by atoms with E-state index in [1.54, 1.807) is 12.1 Å². The predicted octanol–water partition coefficient (Wildman–Crippen LogP) is 3.74. The van der Waals surface area contributed by atoms with Gasteiger partial charge in [-0.2, -0.15) is 8.78 Å². The van der Waals surface area contributed by atoms with E-state index in [-0.39, 0.29) is 12.4 Å². The minimum Gasteiger partial charge on any atom is -0.459 e. The maximum Gasteiger partial charge on any atom is 0.387 e. The number of allylic oxidation sites excluding steroid dienone is 1. The largest absolute Gasteiger partial charge is 0.459 e. The molecule has 1 aliphatic rings. The van der Waals surface area contributed by atoms with Gasteiger partial charge in [0.25, 0.3) is 0 Å². The summed E-state index contributed by atoms with van der Waals surface area (Å²) in [4.78, 5) is 10.6. The van der Waals surface area contributed by atoms with Crippen LogP contribution in [0.1, 0.15) is 25.3 Å². The summed E-state index contributed by atoms with van der Waals surface area (Å²) in [6.45, 7) is -2.04.